The van der Waals surface area contributed by atoms with Crippen molar-refractivity contribution in [2.45, 2.75) is 38.5 Å². The van der Waals surface area contributed by atoms with Gasteiger partial charge in [-0.3, -0.25) is 4.79 Å². The Morgan fingerprint density at radius 2 is 1.94 bits per heavy atom. The largest absolute Gasteiger partial charge is 0.462 e. The van der Waals surface area contributed by atoms with Crippen LogP contribution in [0.2, 0.25) is 0 Å². The van der Waals surface area contributed by atoms with Crippen LogP contribution in [0.15, 0.2) is 45.9 Å². The molecule has 2 N–H and O–H groups in total. The van der Waals surface area contributed by atoms with E-state index in [-0.39, 0.29) is 36.1 Å². The number of anilines is 1. The third-order valence-electron chi connectivity index (χ3n) is 6.02. The van der Waals surface area contributed by atoms with Crippen LogP contribution in [0.25, 0.3) is 11.3 Å². The van der Waals surface area contributed by atoms with E-state index in [1.54, 1.807) is 45.2 Å². The minimum atomic E-state index is -4.03. The number of nitrogens with zero attached hydrogens (tertiary/aromatic N) is 2. The van der Waals surface area contributed by atoms with Crippen molar-refractivity contribution in [2.24, 2.45) is 5.92 Å². The van der Waals surface area contributed by atoms with Crippen molar-refractivity contribution in [1.29, 1.82) is 0 Å². The summed E-state index contributed by atoms with van der Waals surface area (Å²) in [7, 11) is -4.03. The number of aromatic nitrogens is 2. The maximum atomic E-state index is 13.6. The van der Waals surface area contributed by atoms with Gasteiger partial charge in [-0.25, -0.2) is 13.2 Å². The zero-order valence-corrected chi connectivity index (χ0v) is 20.6. The number of sulfonamides is 1. The molecule has 4 rings (SSSR count). The lowest BCUT2D eigenvalue weighted by Gasteiger charge is -2.31. The number of esters is 1. The van der Waals surface area contributed by atoms with Gasteiger partial charge in [-0.15, -0.1) is 0 Å². The van der Waals surface area contributed by atoms with Crippen molar-refractivity contribution < 1.29 is 27.3 Å². The average molecular weight is 501 g/mol. The third kappa shape index (κ3) is 5.01. The highest BCUT2D eigenvalue weighted by Crippen LogP contribution is 2.31. The summed E-state index contributed by atoms with van der Waals surface area (Å²) in [6.07, 6.45) is 2.64. The number of benzene rings is 1. The minimum absolute atomic E-state index is 0.0165. The van der Waals surface area contributed by atoms with Crippen LogP contribution in [0.3, 0.4) is 0 Å². The number of carbonyl (C=O) groups is 2. The molecule has 35 heavy (non-hydrogen) atoms. The molecule has 1 aliphatic rings. The Morgan fingerprint density at radius 3 is 2.60 bits per heavy atom. The van der Waals surface area contributed by atoms with E-state index < -0.39 is 21.9 Å². The first-order chi connectivity index (χ1) is 16.7. The van der Waals surface area contributed by atoms with Crippen LogP contribution >= 0.6 is 0 Å². The normalized spacial score (nSPS) is 16.7. The number of amides is 1. The Hall–Kier alpha value is -3.44. The SMILES string of the molecule is CCOC(=O)c1c(C)[nH]c(C)c1S(=O)(=O)N1CCC[C@H](C(=O)Nc2ccc(-c3ccno3)cc2)C1. The molecule has 0 unspecified atom stereocenters. The van der Waals surface area contributed by atoms with Gasteiger partial charge < -0.3 is 19.6 Å². The first-order valence-electron chi connectivity index (χ1n) is 11.4. The molecule has 1 fully saturated rings. The summed E-state index contributed by atoms with van der Waals surface area (Å²) in [6.45, 7) is 5.33. The fourth-order valence-corrected chi connectivity index (χ4v) is 6.30. The summed E-state index contributed by atoms with van der Waals surface area (Å²) in [6, 6.07) is 8.87. The predicted octanol–water partition coefficient (Wildman–Crippen LogP) is 3.50. The number of ether oxygens (including phenoxy) is 1. The highest BCUT2D eigenvalue weighted by Gasteiger charge is 2.38. The summed E-state index contributed by atoms with van der Waals surface area (Å²) in [5, 5.41) is 6.55. The van der Waals surface area contributed by atoms with Crippen molar-refractivity contribution in [1.82, 2.24) is 14.4 Å². The topological polar surface area (TPSA) is 135 Å². The predicted molar refractivity (Wildman–Crippen MR) is 128 cm³/mol. The maximum Gasteiger partial charge on any atom is 0.341 e. The van der Waals surface area contributed by atoms with E-state index in [0.717, 1.165) is 5.56 Å². The average Bonchev–Trinajstić information content (AvgIpc) is 3.47. The number of aromatic amines is 1. The quantitative estimate of drug-likeness (QED) is 0.474. The van der Waals surface area contributed by atoms with E-state index in [1.807, 2.05) is 12.1 Å². The van der Waals surface area contributed by atoms with Gasteiger partial charge >= 0.3 is 5.97 Å². The summed E-state index contributed by atoms with van der Waals surface area (Å²) < 4.78 is 38.7. The summed E-state index contributed by atoms with van der Waals surface area (Å²) in [5.74, 6) is -0.856. The Kier molecular flexibility index (Phi) is 7.08. The van der Waals surface area contributed by atoms with Gasteiger partial charge in [0, 0.05) is 41.8 Å². The molecule has 1 atom stereocenters. The van der Waals surface area contributed by atoms with Gasteiger partial charge in [0.1, 0.15) is 10.5 Å². The lowest BCUT2D eigenvalue weighted by atomic mass is 9.98. The first kappa shape index (κ1) is 24.7. The molecule has 1 saturated heterocycles. The Bertz CT molecular complexity index is 1310. The molecule has 0 radical (unpaired) electrons. The second kappa shape index (κ2) is 10.0. The lowest BCUT2D eigenvalue weighted by molar-refractivity contribution is -0.120. The molecule has 1 aliphatic heterocycles. The molecule has 1 aromatic carbocycles. The molecule has 0 spiro atoms. The highest BCUT2D eigenvalue weighted by atomic mass is 32.2. The first-order valence-corrected chi connectivity index (χ1v) is 12.8. The second-order valence-corrected chi connectivity index (χ2v) is 10.3. The monoisotopic (exact) mass is 500 g/mol. The molecule has 186 valence electrons. The molecule has 0 bridgehead atoms. The van der Waals surface area contributed by atoms with E-state index in [0.29, 0.717) is 35.7 Å². The molecule has 3 heterocycles. The third-order valence-corrected chi connectivity index (χ3v) is 8.06. The van der Waals surface area contributed by atoms with Crippen LogP contribution in [-0.2, 0) is 19.6 Å². The van der Waals surface area contributed by atoms with Crippen LogP contribution in [0.5, 0.6) is 0 Å². The van der Waals surface area contributed by atoms with E-state index in [4.69, 9.17) is 9.26 Å². The Labute approximate surface area is 203 Å². The Morgan fingerprint density at radius 1 is 1.20 bits per heavy atom. The van der Waals surface area contributed by atoms with E-state index in [2.05, 4.69) is 15.5 Å². The van der Waals surface area contributed by atoms with Gasteiger partial charge in [0.2, 0.25) is 15.9 Å². The van der Waals surface area contributed by atoms with Crippen LogP contribution in [-0.4, -0.2) is 54.4 Å². The van der Waals surface area contributed by atoms with Crippen molar-refractivity contribution in [3.63, 3.8) is 0 Å². The number of hydrogen-bond acceptors (Lipinski definition) is 7. The van der Waals surface area contributed by atoms with Gasteiger partial charge in [0.15, 0.2) is 5.76 Å². The molecular weight excluding hydrogens is 472 g/mol. The molecule has 3 aromatic rings. The fourth-order valence-electron chi connectivity index (χ4n) is 4.36. The van der Waals surface area contributed by atoms with Crippen molar-refractivity contribution in [2.75, 3.05) is 25.0 Å². The highest BCUT2D eigenvalue weighted by molar-refractivity contribution is 7.89. The van der Waals surface area contributed by atoms with Gasteiger partial charge in [0.05, 0.1) is 18.7 Å². The number of rotatable bonds is 7. The number of piperidine rings is 1. The zero-order valence-electron chi connectivity index (χ0n) is 19.8. The van der Waals surface area contributed by atoms with Gasteiger partial charge in [-0.05, 0) is 57.9 Å². The van der Waals surface area contributed by atoms with Crippen molar-refractivity contribution >= 4 is 27.6 Å². The van der Waals surface area contributed by atoms with Crippen LogP contribution in [0.4, 0.5) is 5.69 Å². The molecular formula is C24H28N4O6S. The van der Waals surface area contributed by atoms with E-state index in [9.17, 15) is 18.0 Å². The number of nitrogens with one attached hydrogen (secondary N) is 2. The van der Waals surface area contributed by atoms with Crippen molar-refractivity contribution in [3.8, 4) is 11.3 Å². The zero-order chi connectivity index (χ0) is 25.2. The second-order valence-electron chi connectivity index (χ2n) is 8.45. The molecule has 0 aliphatic carbocycles. The number of carbonyl (C=O) groups excluding carboxylic acids is 2. The standard InChI is InChI=1S/C24H28N4O6S/c1-4-33-24(30)21-15(2)26-16(3)22(21)35(31,32)28-13-5-6-18(14-28)23(29)27-19-9-7-17(8-10-19)20-11-12-25-34-20/h7-12,18,26H,4-6,13-14H2,1-3H3,(H,27,29)/t18-/m0/s1. The summed E-state index contributed by atoms with van der Waals surface area (Å²) in [4.78, 5) is 28.3. The number of H-pyrrole nitrogens is 1. The number of aryl methyl sites for hydroxylation is 2. The molecule has 11 heteroatoms. The Balaban J connectivity index is 1.50. The van der Waals surface area contributed by atoms with E-state index in [1.165, 1.54) is 4.31 Å². The summed E-state index contributed by atoms with van der Waals surface area (Å²) in [5.41, 5.74) is 2.23. The van der Waals surface area contributed by atoms with Gasteiger partial charge in [0.25, 0.3) is 0 Å². The smallest absolute Gasteiger partial charge is 0.341 e. The van der Waals surface area contributed by atoms with Gasteiger partial charge in [-0.2, -0.15) is 4.31 Å². The molecule has 0 saturated carbocycles. The maximum absolute atomic E-state index is 13.6. The molecule has 1 amide bonds. The summed E-state index contributed by atoms with van der Waals surface area (Å²) >= 11 is 0. The van der Waals surface area contributed by atoms with E-state index >= 15 is 0 Å². The van der Waals surface area contributed by atoms with Crippen LogP contribution in [0, 0.1) is 19.8 Å². The molecule has 2 aromatic heterocycles. The van der Waals surface area contributed by atoms with Crippen LogP contribution < -0.4 is 5.32 Å². The fraction of sp³-hybridized carbons (Fsp3) is 0.375. The lowest BCUT2D eigenvalue weighted by Crippen LogP contribution is -2.44. The van der Waals surface area contributed by atoms with Crippen molar-refractivity contribution in [3.05, 3.63) is 53.5 Å². The molecule has 10 nitrogen and oxygen atoms in total. The number of hydrogen-bond donors (Lipinski definition) is 2. The van der Waals surface area contributed by atoms with Crippen LogP contribution in [0.1, 0.15) is 41.5 Å². The minimum Gasteiger partial charge on any atom is -0.462 e. The van der Waals surface area contributed by atoms with Gasteiger partial charge in [-0.1, -0.05) is 5.16 Å².